The molecule has 0 saturated carbocycles. The molecule has 2 atom stereocenters. The maximum Gasteiger partial charge on any atom is 0.107 e. The second-order valence-corrected chi connectivity index (χ2v) is 4.61. The van der Waals surface area contributed by atoms with E-state index in [1.807, 2.05) is 13.8 Å². The molecule has 17 heavy (non-hydrogen) atoms. The van der Waals surface area contributed by atoms with Crippen LogP contribution >= 0.6 is 0 Å². The summed E-state index contributed by atoms with van der Waals surface area (Å²) in [6.45, 7) is 10.2. The van der Waals surface area contributed by atoms with Gasteiger partial charge in [-0.2, -0.15) is 0 Å². The van der Waals surface area contributed by atoms with Gasteiger partial charge in [-0.15, -0.1) is 0 Å². The van der Waals surface area contributed by atoms with E-state index in [4.69, 9.17) is 9.47 Å². The van der Waals surface area contributed by atoms with Crippen LogP contribution < -0.4 is 5.32 Å². The van der Waals surface area contributed by atoms with Crippen molar-refractivity contribution in [1.82, 2.24) is 5.32 Å². The van der Waals surface area contributed by atoms with Crippen molar-refractivity contribution in [2.24, 2.45) is 0 Å². The van der Waals surface area contributed by atoms with Gasteiger partial charge in [-0.05, 0) is 26.7 Å². The maximum absolute atomic E-state index is 5.65. The van der Waals surface area contributed by atoms with Gasteiger partial charge in [0.25, 0.3) is 0 Å². The van der Waals surface area contributed by atoms with E-state index in [-0.39, 0.29) is 12.5 Å². The summed E-state index contributed by atoms with van der Waals surface area (Å²) in [5, 5.41) is 3.29. The van der Waals surface area contributed by atoms with E-state index in [9.17, 15) is 0 Å². The number of rotatable bonds is 12. The number of unbranched alkanes of at least 4 members (excludes halogenated alkanes) is 4. The third kappa shape index (κ3) is 12.1. The lowest BCUT2D eigenvalue weighted by atomic mass is 10.3. The first-order chi connectivity index (χ1) is 8.20. The lowest BCUT2D eigenvalue weighted by Gasteiger charge is -2.20. The minimum atomic E-state index is 0.0769. The highest BCUT2D eigenvalue weighted by Gasteiger charge is 2.06. The van der Waals surface area contributed by atoms with Crippen molar-refractivity contribution in [3.05, 3.63) is 0 Å². The first kappa shape index (κ1) is 16.9. The molecule has 0 fully saturated rings. The van der Waals surface area contributed by atoms with Crippen molar-refractivity contribution in [3.63, 3.8) is 0 Å². The second-order valence-electron chi connectivity index (χ2n) is 4.61. The first-order valence-electron chi connectivity index (χ1n) is 7.20. The van der Waals surface area contributed by atoms with Gasteiger partial charge in [0.05, 0.1) is 0 Å². The van der Waals surface area contributed by atoms with Gasteiger partial charge in [0, 0.05) is 13.2 Å². The van der Waals surface area contributed by atoms with Crippen LogP contribution in [0.1, 0.15) is 66.2 Å². The van der Waals surface area contributed by atoms with Crippen LogP contribution in [0.4, 0.5) is 0 Å². The van der Waals surface area contributed by atoms with Crippen molar-refractivity contribution in [2.75, 3.05) is 13.2 Å². The fourth-order valence-corrected chi connectivity index (χ4v) is 1.65. The molecule has 3 nitrogen and oxygen atoms in total. The van der Waals surface area contributed by atoms with Crippen LogP contribution in [0.15, 0.2) is 0 Å². The molecule has 0 amide bonds. The highest BCUT2D eigenvalue weighted by molar-refractivity contribution is 4.52. The van der Waals surface area contributed by atoms with Gasteiger partial charge in [-0.1, -0.05) is 39.5 Å². The maximum atomic E-state index is 5.65. The van der Waals surface area contributed by atoms with Gasteiger partial charge < -0.3 is 9.47 Å². The van der Waals surface area contributed by atoms with Crippen LogP contribution in [0.3, 0.4) is 0 Å². The zero-order valence-electron chi connectivity index (χ0n) is 12.1. The van der Waals surface area contributed by atoms with Crippen LogP contribution in [0, 0.1) is 0 Å². The minimum absolute atomic E-state index is 0.0769. The number of nitrogens with one attached hydrogen (secondary N) is 1. The summed E-state index contributed by atoms with van der Waals surface area (Å²) in [4.78, 5) is 0. The normalized spacial score (nSPS) is 14.8. The Labute approximate surface area is 107 Å². The first-order valence-corrected chi connectivity index (χ1v) is 7.20. The van der Waals surface area contributed by atoms with E-state index in [0.717, 1.165) is 26.1 Å². The largest absolute Gasteiger partial charge is 0.364 e. The Balaban J connectivity index is 3.35. The molecule has 0 bridgehead atoms. The van der Waals surface area contributed by atoms with Crippen LogP contribution in [0.2, 0.25) is 0 Å². The van der Waals surface area contributed by atoms with E-state index in [1.165, 1.54) is 25.7 Å². The predicted octanol–water partition coefficient (Wildman–Crippen LogP) is 3.68. The zero-order valence-corrected chi connectivity index (χ0v) is 12.1. The molecule has 0 aromatic heterocycles. The minimum Gasteiger partial charge on any atom is -0.364 e. The monoisotopic (exact) mass is 245 g/mol. The highest BCUT2D eigenvalue weighted by atomic mass is 16.5. The Hall–Kier alpha value is -0.120. The van der Waals surface area contributed by atoms with E-state index >= 15 is 0 Å². The SMILES string of the molecule is CCCCCOC(C)NC(C)OCCCCC. The van der Waals surface area contributed by atoms with Gasteiger partial charge >= 0.3 is 0 Å². The molecule has 104 valence electrons. The molecule has 0 aromatic carbocycles. The molecule has 0 aromatic rings. The molecular formula is C14H31NO2. The molecule has 0 aliphatic carbocycles. The fraction of sp³-hybridized carbons (Fsp3) is 1.00. The Morgan fingerprint density at radius 2 is 1.18 bits per heavy atom. The molecular weight excluding hydrogens is 214 g/mol. The lowest BCUT2D eigenvalue weighted by molar-refractivity contribution is -0.0320. The van der Waals surface area contributed by atoms with Crippen LogP contribution in [-0.2, 0) is 9.47 Å². The molecule has 0 rings (SSSR count). The molecule has 2 unspecified atom stereocenters. The molecule has 1 N–H and O–H groups in total. The van der Waals surface area contributed by atoms with Crippen LogP contribution in [0.25, 0.3) is 0 Å². The van der Waals surface area contributed by atoms with Gasteiger partial charge in [0.15, 0.2) is 0 Å². The van der Waals surface area contributed by atoms with Crippen molar-refractivity contribution < 1.29 is 9.47 Å². The molecule has 0 radical (unpaired) electrons. The Morgan fingerprint density at radius 3 is 1.53 bits per heavy atom. The second kappa shape index (κ2) is 12.3. The fourth-order valence-electron chi connectivity index (χ4n) is 1.65. The van der Waals surface area contributed by atoms with Gasteiger partial charge in [0.1, 0.15) is 12.5 Å². The summed E-state index contributed by atoms with van der Waals surface area (Å²) < 4.78 is 11.3. The summed E-state index contributed by atoms with van der Waals surface area (Å²) in [6.07, 6.45) is 7.42. The van der Waals surface area contributed by atoms with Crippen molar-refractivity contribution in [2.45, 2.75) is 78.7 Å². The molecule has 0 spiro atoms. The Kier molecular flexibility index (Phi) is 12.3. The van der Waals surface area contributed by atoms with Crippen LogP contribution in [0.5, 0.6) is 0 Å². The Bertz CT molecular complexity index is 137. The summed E-state index contributed by atoms with van der Waals surface area (Å²) in [5.74, 6) is 0. The quantitative estimate of drug-likeness (QED) is 0.420. The van der Waals surface area contributed by atoms with Crippen LogP contribution in [-0.4, -0.2) is 25.7 Å². The summed E-state index contributed by atoms with van der Waals surface area (Å²) in [6, 6.07) is 0. The molecule has 3 heteroatoms. The average molecular weight is 245 g/mol. The van der Waals surface area contributed by atoms with Crippen molar-refractivity contribution in [3.8, 4) is 0 Å². The van der Waals surface area contributed by atoms with E-state index in [1.54, 1.807) is 0 Å². The Morgan fingerprint density at radius 1 is 0.765 bits per heavy atom. The highest BCUT2D eigenvalue weighted by Crippen LogP contribution is 1.99. The number of ether oxygens (including phenoxy) is 2. The lowest BCUT2D eigenvalue weighted by Crippen LogP contribution is -2.38. The van der Waals surface area contributed by atoms with E-state index in [2.05, 4.69) is 19.2 Å². The van der Waals surface area contributed by atoms with E-state index in [0.29, 0.717) is 0 Å². The number of hydrogen-bond donors (Lipinski definition) is 1. The van der Waals surface area contributed by atoms with Gasteiger partial charge in [-0.25, -0.2) is 0 Å². The third-order valence-electron chi connectivity index (χ3n) is 2.70. The molecule has 0 aliphatic heterocycles. The summed E-state index contributed by atoms with van der Waals surface area (Å²) >= 11 is 0. The third-order valence-corrected chi connectivity index (χ3v) is 2.70. The van der Waals surface area contributed by atoms with E-state index < -0.39 is 0 Å². The molecule has 0 heterocycles. The summed E-state index contributed by atoms with van der Waals surface area (Å²) in [5.41, 5.74) is 0. The van der Waals surface area contributed by atoms with Gasteiger partial charge in [0.2, 0.25) is 0 Å². The smallest absolute Gasteiger partial charge is 0.107 e. The molecule has 0 saturated heterocycles. The topological polar surface area (TPSA) is 30.5 Å². The molecule has 0 aliphatic rings. The number of hydrogen-bond acceptors (Lipinski definition) is 3. The zero-order chi connectivity index (χ0) is 12.9. The van der Waals surface area contributed by atoms with Crippen molar-refractivity contribution in [1.29, 1.82) is 0 Å². The van der Waals surface area contributed by atoms with Gasteiger partial charge in [-0.3, -0.25) is 5.32 Å². The standard InChI is InChI=1S/C14H31NO2/c1-5-7-9-11-16-13(3)15-14(4)17-12-10-8-6-2/h13-15H,5-12H2,1-4H3. The van der Waals surface area contributed by atoms with Crippen molar-refractivity contribution >= 4 is 0 Å². The summed E-state index contributed by atoms with van der Waals surface area (Å²) in [7, 11) is 0. The predicted molar refractivity (Wildman–Crippen MR) is 73.0 cm³/mol. The average Bonchev–Trinajstić information content (AvgIpc) is 2.30.